The van der Waals surface area contributed by atoms with Crippen LogP contribution in [0.25, 0.3) is 0 Å². The Kier molecular flexibility index (Phi) is 2.55. The molecule has 3 nitrogen and oxygen atoms in total. The molecule has 1 saturated heterocycles. The van der Waals surface area contributed by atoms with E-state index in [9.17, 15) is 0 Å². The number of likely N-dealkylation sites (tertiary alicyclic amines) is 1. The maximum Gasteiger partial charge on any atom is 0.124 e. The molecule has 2 aliphatic heterocycles. The van der Waals surface area contributed by atoms with Crippen LogP contribution in [0.2, 0.25) is 0 Å². The van der Waals surface area contributed by atoms with Gasteiger partial charge in [0.1, 0.15) is 12.4 Å². The van der Waals surface area contributed by atoms with Crippen LogP contribution < -0.4 is 10.1 Å². The third kappa shape index (κ3) is 1.91. The van der Waals surface area contributed by atoms with Crippen LogP contribution in [0.1, 0.15) is 30.9 Å². The van der Waals surface area contributed by atoms with Gasteiger partial charge < -0.3 is 10.1 Å². The van der Waals surface area contributed by atoms with E-state index >= 15 is 0 Å². The first-order valence-electron chi connectivity index (χ1n) is 7.12. The number of hydrogen-bond donors (Lipinski definition) is 1. The topological polar surface area (TPSA) is 24.5 Å². The highest BCUT2D eigenvalue weighted by molar-refractivity contribution is 5.39. The van der Waals surface area contributed by atoms with E-state index in [0.29, 0.717) is 12.1 Å². The second kappa shape index (κ2) is 4.25. The SMILES string of the molecule is c1ccc2c(c1)OCC2N1CCC(NC2CC2)C1. The molecule has 0 aromatic heterocycles. The van der Waals surface area contributed by atoms with Crippen LogP contribution in [0.5, 0.6) is 5.75 Å². The minimum Gasteiger partial charge on any atom is -0.491 e. The summed E-state index contributed by atoms with van der Waals surface area (Å²) in [5, 5.41) is 3.75. The second-order valence-electron chi connectivity index (χ2n) is 5.79. The highest BCUT2D eigenvalue weighted by atomic mass is 16.5. The average Bonchev–Trinajstić information content (AvgIpc) is 2.91. The van der Waals surface area contributed by atoms with Gasteiger partial charge in [-0.05, 0) is 25.3 Å². The lowest BCUT2D eigenvalue weighted by atomic mass is 10.1. The Morgan fingerprint density at radius 1 is 1.11 bits per heavy atom. The van der Waals surface area contributed by atoms with Gasteiger partial charge in [-0.2, -0.15) is 0 Å². The van der Waals surface area contributed by atoms with E-state index in [1.165, 1.54) is 37.9 Å². The Balaban J connectivity index is 1.45. The van der Waals surface area contributed by atoms with Crippen LogP contribution in [-0.4, -0.2) is 36.7 Å². The molecule has 1 N–H and O–H groups in total. The summed E-state index contributed by atoms with van der Waals surface area (Å²) in [6.45, 7) is 3.21. The number of benzene rings is 1. The zero-order valence-corrected chi connectivity index (χ0v) is 10.6. The molecule has 2 unspecified atom stereocenters. The molecule has 2 fully saturated rings. The number of fused-ring (bicyclic) bond motifs is 1. The van der Waals surface area contributed by atoms with Gasteiger partial charge in [0, 0.05) is 30.7 Å². The first kappa shape index (κ1) is 10.8. The van der Waals surface area contributed by atoms with Crippen LogP contribution in [0.4, 0.5) is 0 Å². The molecule has 1 aromatic rings. The molecule has 1 saturated carbocycles. The van der Waals surface area contributed by atoms with Gasteiger partial charge in [0.25, 0.3) is 0 Å². The van der Waals surface area contributed by atoms with Crippen molar-refractivity contribution in [3.8, 4) is 5.75 Å². The summed E-state index contributed by atoms with van der Waals surface area (Å²) >= 11 is 0. The van der Waals surface area contributed by atoms with E-state index in [4.69, 9.17) is 4.74 Å². The fraction of sp³-hybridized carbons (Fsp3) is 0.600. The Morgan fingerprint density at radius 2 is 2.00 bits per heavy atom. The molecule has 0 spiro atoms. The molecule has 2 atom stereocenters. The van der Waals surface area contributed by atoms with Gasteiger partial charge in [-0.25, -0.2) is 0 Å². The Labute approximate surface area is 108 Å². The number of para-hydroxylation sites is 1. The maximum absolute atomic E-state index is 5.79. The normalized spacial score (nSPS) is 31.3. The quantitative estimate of drug-likeness (QED) is 0.879. The minimum absolute atomic E-state index is 0.479. The standard InChI is InChI=1S/C15H20N2O/c1-2-4-15-13(3-1)14(10-18-15)17-8-7-12(9-17)16-11-5-6-11/h1-4,11-12,14,16H,5-10H2. The fourth-order valence-corrected chi connectivity index (χ4v) is 3.24. The summed E-state index contributed by atoms with van der Waals surface area (Å²) < 4.78 is 5.79. The van der Waals surface area contributed by atoms with Gasteiger partial charge >= 0.3 is 0 Å². The largest absolute Gasteiger partial charge is 0.491 e. The summed E-state index contributed by atoms with van der Waals surface area (Å²) in [6.07, 6.45) is 4.05. The summed E-state index contributed by atoms with van der Waals surface area (Å²) in [6, 6.07) is 10.5. The first-order valence-corrected chi connectivity index (χ1v) is 7.12. The predicted octanol–water partition coefficient (Wildman–Crippen LogP) is 1.95. The summed E-state index contributed by atoms with van der Waals surface area (Å²) in [5.41, 5.74) is 1.38. The Hall–Kier alpha value is -1.06. The van der Waals surface area contributed by atoms with Crippen molar-refractivity contribution in [3.05, 3.63) is 29.8 Å². The zero-order chi connectivity index (χ0) is 11.9. The lowest BCUT2D eigenvalue weighted by Gasteiger charge is -2.23. The van der Waals surface area contributed by atoms with Crippen molar-refractivity contribution >= 4 is 0 Å². The maximum atomic E-state index is 5.79. The van der Waals surface area contributed by atoms with Gasteiger partial charge in [0.2, 0.25) is 0 Å². The predicted molar refractivity (Wildman–Crippen MR) is 70.8 cm³/mol. The molecule has 96 valence electrons. The zero-order valence-electron chi connectivity index (χ0n) is 10.6. The van der Waals surface area contributed by atoms with Crippen molar-refractivity contribution in [2.24, 2.45) is 0 Å². The highest BCUT2D eigenvalue weighted by Crippen LogP contribution is 2.37. The smallest absolute Gasteiger partial charge is 0.124 e. The summed E-state index contributed by atoms with van der Waals surface area (Å²) in [7, 11) is 0. The van der Waals surface area contributed by atoms with Crippen molar-refractivity contribution in [2.75, 3.05) is 19.7 Å². The highest BCUT2D eigenvalue weighted by Gasteiger charge is 2.35. The number of hydrogen-bond acceptors (Lipinski definition) is 3. The number of ether oxygens (including phenoxy) is 1. The van der Waals surface area contributed by atoms with Crippen molar-refractivity contribution in [1.82, 2.24) is 10.2 Å². The molecular weight excluding hydrogens is 224 g/mol. The van der Waals surface area contributed by atoms with Gasteiger partial charge in [0.05, 0.1) is 6.04 Å². The first-order chi connectivity index (χ1) is 8.90. The van der Waals surface area contributed by atoms with Gasteiger partial charge in [-0.15, -0.1) is 0 Å². The third-order valence-electron chi connectivity index (χ3n) is 4.38. The molecule has 1 aliphatic carbocycles. The van der Waals surface area contributed by atoms with Crippen molar-refractivity contribution in [2.45, 2.75) is 37.4 Å². The van der Waals surface area contributed by atoms with E-state index < -0.39 is 0 Å². The third-order valence-corrected chi connectivity index (χ3v) is 4.38. The molecule has 0 amide bonds. The lowest BCUT2D eigenvalue weighted by Crippen LogP contribution is -2.35. The Bertz CT molecular complexity index is 444. The number of nitrogens with zero attached hydrogens (tertiary/aromatic N) is 1. The molecule has 4 rings (SSSR count). The molecule has 3 heteroatoms. The Morgan fingerprint density at radius 3 is 2.89 bits per heavy atom. The second-order valence-corrected chi connectivity index (χ2v) is 5.79. The summed E-state index contributed by atoms with van der Waals surface area (Å²) in [4.78, 5) is 2.59. The van der Waals surface area contributed by atoms with Crippen LogP contribution in [0, 0.1) is 0 Å². The minimum atomic E-state index is 0.479. The van der Waals surface area contributed by atoms with Crippen LogP contribution >= 0.6 is 0 Å². The van der Waals surface area contributed by atoms with E-state index in [-0.39, 0.29) is 0 Å². The lowest BCUT2D eigenvalue weighted by molar-refractivity contribution is 0.191. The molecule has 18 heavy (non-hydrogen) atoms. The van der Waals surface area contributed by atoms with E-state index in [1.54, 1.807) is 0 Å². The monoisotopic (exact) mass is 244 g/mol. The van der Waals surface area contributed by atoms with Gasteiger partial charge in [-0.3, -0.25) is 4.90 Å². The number of nitrogens with one attached hydrogen (secondary N) is 1. The molecule has 0 radical (unpaired) electrons. The van der Waals surface area contributed by atoms with E-state index in [2.05, 4.69) is 34.5 Å². The van der Waals surface area contributed by atoms with Crippen molar-refractivity contribution in [1.29, 1.82) is 0 Å². The van der Waals surface area contributed by atoms with Crippen LogP contribution in [-0.2, 0) is 0 Å². The molecular formula is C15H20N2O. The fourth-order valence-electron chi connectivity index (χ4n) is 3.24. The molecule has 3 aliphatic rings. The van der Waals surface area contributed by atoms with Gasteiger partial charge in [-0.1, -0.05) is 18.2 Å². The van der Waals surface area contributed by atoms with E-state index in [1.807, 2.05) is 0 Å². The molecule has 1 aromatic carbocycles. The van der Waals surface area contributed by atoms with Gasteiger partial charge in [0.15, 0.2) is 0 Å². The van der Waals surface area contributed by atoms with Crippen LogP contribution in [0.3, 0.4) is 0 Å². The average molecular weight is 244 g/mol. The van der Waals surface area contributed by atoms with Crippen molar-refractivity contribution < 1.29 is 4.74 Å². The van der Waals surface area contributed by atoms with Crippen LogP contribution in [0.15, 0.2) is 24.3 Å². The molecule has 0 bridgehead atoms. The molecule has 2 heterocycles. The number of rotatable bonds is 3. The van der Waals surface area contributed by atoms with Crippen molar-refractivity contribution in [3.63, 3.8) is 0 Å². The summed E-state index contributed by atoms with van der Waals surface area (Å²) in [5.74, 6) is 1.08. The van der Waals surface area contributed by atoms with E-state index in [0.717, 1.165) is 18.4 Å².